The van der Waals surface area contributed by atoms with E-state index in [0.29, 0.717) is 151 Å². The number of para-hydroxylation sites is 3. The zero-order valence-electron chi connectivity index (χ0n) is 84.7. The Morgan fingerprint density at radius 3 is 1.44 bits per heavy atom. The molecule has 7 heterocycles. The molecule has 145 heavy (non-hydrogen) atoms. The van der Waals surface area contributed by atoms with Gasteiger partial charge in [-0.2, -0.15) is 19.9 Å². The lowest BCUT2D eigenvalue weighted by atomic mass is 10.0. The Morgan fingerprint density at radius 2 is 0.931 bits per heavy atom. The third kappa shape index (κ3) is 29.3. The molecule has 9 N–H and O–H groups in total. The fourth-order valence-electron chi connectivity index (χ4n) is 16.4. The first-order valence-corrected chi connectivity index (χ1v) is 62.6. The molecule has 16 rings (SSSR count). The molecule has 0 spiro atoms. The van der Waals surface area contributed by atoms with Gasteiger partial charge in [0.25, 0.3) is 5.91 Å². The minimum atomic E-state index is -3.55. The van der Waals surface area contributed by atoms with Gasteiger partial charge in [-0.05, 0) is 253 Å². The molecule has 33 nitrogen and oxygen atoms in total. The fraction of sp³-hybridized carbons (Fsp3) is 0.340. The van der Waals surface area contributed by atoms with Crippen LogP contribution in [0.15, 0.2) is 193 Å². The number of benzene rings is 8. The number of aromatic nitrogens is 8. The van der Waals surface area contributed by atoms with E-state index < -0.39 is 50.5 Å². The second-order valence-corrected chi connectivity index (χ2v) is 57.5. The lowest BCUT2D eigenvalue weighted by molar-refractivity contribution is 0.0963. The van der Waals surface area contributed by atoms with Crippen LogP contribution in [0.2, 0.25) is 15.1 Å². The van der Waals surface area contributed by atoms with Crippen LogP contribution in [0, 0.1) is 0 Å². The monoisotopic (exact) mass is 2140 g/mol. The lowest BCUT2D eigenvalue weighted by Crippen LogP contribution is -2.48. The van der Waals surface area contributed by atoms with E-state index in [2.05, 4.69) is 129 Å². The quantitative estimate of drug-likeness (QED) is 0.0132. The van der Waals surface area contributed by atoms with Crippen LogP contribution in [0.5, 0.6) is 34.5 Å². The molecule has 0 unspecified atom stereocenters. The first-order chi connectivity index (χ1) is 69.0. The Hall–Kier alpha value is -11.6. The van der Waals surface area contributed by atoms with E-state index in [-0.39, 0.29) is 27.6 Å². The smallest absolute Gasteiger partial charge is 0.253 e. The molecule has 3 aliphatic heterocycles. The van der Waals surface area contributed by atoms with Crippen LogP contribution in [-0.4, -0.2) is 254 Å². The largest absolute Gasteiger partial charge is 0.495 e. The van der Waals surface area contributed by atoms with Crippen LogP contribution in [0.4, 0.5) is 92.6 Å². The third-order valence-corrected chi connectivity index (χ3v) is 37.0. The van der Waals surface area contributed by atoms with Gasteiger partial charge in [-0.3, -0.25) is 9.69 Å². The summed E-state index contributed by atoms with van der Waals surface area (Å²) in [6, 6.07) is 49.9. The van der Waals surface area contributed by atoms with Crippen molar-refractivity contribution >= 4 is 217 Å². The molecule has 8 aromatic carbocycles. The molecule has 770 valence electrons. The average molecular weight is 2150 g/mol. The van der Waals surface area contributed by atoms with Gasteiger partial charge in [0.2, 0.25) is 23.8 Å². The fourth-order valence-corrected chi connectivity index (χ4v) is 24.5. The molecular weight excluding hydrogens is 2020 g/mol. The summed E-state index contributed by atoms with van der Waals surface area (Å²) in [5, 5.41) is 32.7. The highest BCUT2D eigenvalue weighted by Crippen LogP contribution is 2.50. The summed E-state index contributed by atoms with van der Waals surface area (Å²) in [4.78, 5) is 55.6. The Morgan fingerprint density at radius 1 is 0.497 bits per heavy atom. The van der Waals surface area contributed by atoms with Crippen molar-refractivity contribution in [2.45, 2.75) is 68.6 Å². The number of sulfone groups is 1. The highest BCUT2D eigenvalue weighted by Gasteiger charge is 2.36. The summed E-state index contributed by atoms with van der Waals surface area (Å²) < 4.78 is 111. The molecule has 4 aromatic heterocycles. The number of anilines is 16. The zero-order chi connectivity index (χ0) is 104. The van der Waals surface area contributed by atoms with Crippen molar-refractivity contribution in [3.63, 3.8) is 0 Å². The number of hydrogen-bond acceptors (Lipinski definition) is 32. The maximum Gasteiger partial charge on any atom is 0.253 e. The van der Waals surface area contributed by atoms with Crippen LogP contribution >= 0.6 is 70.3 Å². The number of allylic oxidation sites excluding steroid dienone is 1. The van der Waals surface area contributed by atoms with Gasteiger partial charge in [0.15, 0.2) is 27.3 Å². The molecule has 0 radical (unpaired) electrons. The van der Waals surface area contributed by atoms with Crippen LogP contribution in [0.3, 0.4) is 0 Å². The predicted octanol–water partition coefficient (Wildman–Crippen LogP) is 20.3. The number of methoxy groups -OCH3 is 5. The SMILES string of the molecule is C=P(C)(C)c1ccc(Nc2ncc(Cl)c(Nc3ccc(P(C)(C)=O)cc3OC)n2)c(OC)c1.CNC(=O)c1ccccc1Nc1nc(Nc2ccc(P(C)(C)=O)cc2OC)nc2c1C=CC2.COc1cc(OCCCN2CCCC2)ccc1Nc1ncc(Cl)c(Nc2ccccc2P(C)(C)=O)n1.COc1cc(P2(=O)CCN(C3CCN(C)CC3)CC2)ccc1Nc1ncc(Cl)c(Nc2ccccc2S(=O)(=O)C(C)C)n1. The summed E-state index contributed by atoms with van der Waals surface area (Å²) >= 11 is 19.1. The minimum Gasteiger partial charge on any atom is -0.495 e. The second-order valence-electron chi connectivity index (χ2n) is 37.1. The number of rotatable bonds is 35. The molecule has 42 heteroatoms. The number of carbonyl (C=O) groups is 1. The van der Waals surface area contributed by atoms with Crippen LogP contribution in [-0.2, 0) is 34.5 Å². The van der Waals surface area contributed by atoms with E-state index in [1.54, 1.807) is 151 Å². The second kappa shape index (κ2) is 49.3. The average Bonchev–Trinajstić information content (AvgIpc) is 1.76. The van der Waals surface area contributed by atoms with Gasteiger partial charge in [-0.1, -0.05) is 103 Å². The third-order valence-electron chi connectivity index (χ3n) is 24.7. The molecule has 12 aromatic rings. The number of amides is 1. The maximum atomic E-state index is 14.0. The summed E-state index contributed by atoms with van der Waals surface area (Å²) in [6.07, 6.45) is 20.7. The van der Waals surface area contributed by atoms with E-state index in [0.717, 1.165) is 88.4 Å². The van der Waals surface area contributed by atoms with Crippen molar-refractivity contribution in [3.8, 4) is 34.5 Å². The number of nitrogens with one attached hydrogen (secondary N) is 9. The van der Waals surface area contributed by atoms with Crippen molar-refractivity contribution in [2.75, 3.05) is 210 Å². The molecule has 1 amide bonds. The number of nitrogens with zero attached hydrogens (tertiary/aromatic N) is 11. The zero-order valence-corrected chi connectivity index (χ0v) is 92.2. The highest BCUT2D eigenvalue weighted by atomic mass is 35.5. The topological polar surface area (TPSA) is 396 Å². The molecule has 0 bridgehead atoms. The van der Waals surface area contributed by atoms with Crippen molar-refractivity contribution in [1.82, 2.24) is 59.9 Å². The summed E-state index contributed by atoms with van der Waals surface area (Å²) in [7, 11) is -1.75. The molecule has 3 saturated heterocycles. The first-order valence-electron chi connectivity index (χ1n) is 47.2. The van der Waals surface area contributed by atoms with Crippen LogP contribution < -0.4 is 103 Å². The van der Waals surface area contributed by atoms with Crippen LogP contribution in [0.25, 0.3) is 6.08 Å². The van der Waals surface area contributed by atoms with Crippen molar-refractivity contribution in [1.29, 1.82) is 0 Å². The Labute approximate surface area is 864 Å². The van der Waals surface area contributed by atoms with Gasteiger partial charge in [0.1, 0.15) is 84.0 Å². The van der Waals surface area contributed by atoms with E-state index in [1.165, 1.54) is 57.4 Å². The minimum absolute atomic E-state index is 0.165. The molecular formula is C103H128Cl3N20O13P5S. The predicted molar refractivity (Wildman–Crippen MR) is 600 cm³/mol. The van der Waals surface area contributed by atoms with Crippen LogP contribution in [0.1, 0.15) is 67.6 Å². The summed E-state index contributed by atoms with van der Waals surface area (Å²) in [6.45, 7) is 24.5. The van der Waals surface area contributed by atoms with Gasteiger partial charge in [-0.25, -0.2) is 28.4 Å². The summed E-state index contributed by atoms with van der Waals surface area (Å²) in [5.74, 6) is 6.45. The molecule has 3 fully saturated rings. The normalized spacial score (nSPS) is 14.4. The van der Waals surface area contributed by atoms with Gasteiger partial charge in [0, 0.05) is 84.3 Å². The van der Waals surface area contributed by atoms with Crippen molar-refractivity contribution in [2.24, 2.45) is 0 Å². The van der Waals surface area contributed by atoms with Crippen molar-refractivity contribution in [3.05, 3.63) is 220 Å². The number of carbonyl (C=O) groups excluding carboxylic acids is 1. The number of ether oxygens (including phenoxy) is 6. The Kier molecular flexibility index (Phi) is 37.6. The van der Waals surface area contributed by atoms with Gasteiger partial charge in [-0.15, -0.1) is 0 Å². The van der Waals surface area contributed by atoms with E-state index in [4.69, 9.17) is 63.2 Å². The number of likely N-dealkylation sites (tertiary alicyclic amines) is 2. The van der Waals surface area contributed by atoms with E-state index in [1.807, 2.05) is 121 Å². The maximum absolute atomic E-state index is 14.0. The molecule has 4 aliphatic rings. The summed E-state index contributed by atoms with van der Waals surface area (Å²) in [5.41, 5.74) is 7.33. The Bertz CT molecular complexity index is 7050. The van der Waals surface area contributed by atoms with Gasteiger partial charge < -0.3 is 104 Å². The highest BCUT2D eigenvalue weighted by molar-refractivity contribution is 7.92. The standard InChI is InChI=1S/C30H40ClN6O4PS.C26H33ClN5O3P.C24H26N5O3P.C23H29ClN4O3P2/c1-21(2)43(39,40)28-8-6-5-7-26(28)33-29-24(31)20-32-30(35-29)34-25-10-9-23(19-27(25)41-4)42(38)17-15-37(16-18-42)22-11-13-36(3)14-12-22;1-34-23-17-19(35-16-8-15-32-13-6-7-14-32)11-12-21(23)30-26-28-18-20(27)25(31-26)29-22-9-4-5-10-24(22)36(2,3)33;1-25-23(30)17-8-5-6-10-19(17)26-22-16-9-7-11-18(16)27-24(29-22)28-20-13-12-15(33(3,4)31)14-21(20)32-2;1-30-20-12-15(32(3,4)5)8-10-19(20)27-23-25-14-17(24)22(28-23)26-18-11-9-16(33(6,7)29)13-21(18)31-2/h5-10,19-22H,11-18H2,1-4H3,(H2,32,33,34,35);4-5,9-12,17-18H,6-8,13-16H2,1-3H3,(H2,28,29,30,31);5-10,12-14H,11H2,1-4H3,(H,25,30)(H2,26,27,28,29);8-14H,3H2,1-2,4-7H3,(H2,25,26,27,28). The lowest BCUT2D eigenvalue weighted by Gasteiger charge is -2.41. The number of hydrogen-bond donors (Lipinski definition) is 9. The number of halogens is 3. The first kappa shape index (κ1) is 111. The number of fused-ring (bicyclic) bond motifs is 1. The Balaban J connectivity index is 0.000000163. The van der Waals surface area contributed by atoms with E-state index in [9.17, 15) is 31.5 Å². The van der Waals surface area contributed by atoms with Gasteiger partial charge >= 0.3 is 0 Å². The molecule has 0 saturated carbocycles. The van der Waals surface area contributed by atoms with Crippen molar-refractivity contribution < 1.29 is 59.9 Å². The molecule has 1 aliphatic carbocycles. The van der Waals surface area contributed by atoms with Gasteiger partial charge in [0.05, 0.1) is 128 Å². The number of piperidine rings is 1. The van der Waals surface area contributed by atoms with E-state index >= 15 is 0 Å². The molecule has 0 atom stereocenters.